The highest BCUT2D eigenvalue weighted by Crippen LogP contribution is 2.33. The monoisotopic (exact) mass is 464 g/mol. The quantitative estimate of drug-likeness (QED) is 0.537. The number of ketones is 1. The van der Waals surface area contributed by atoms with Gasteiger partial charge < -0.3 is 25.2 Å². The van der Waals surface area contributed by atoms with E-state index in [1.54, 1.807) is 6.92 Å². The van der Waals surface area contributed by atoms with Crippen LogP contribution in [0.25, 0.3) is 0 Å². The molecule has 0 aromatic rings. The third-order valence-corrected chi connectivity index (χ3v) is 7.33. The minimum absolute atomic E-state index is 0.0146. The molecule has 2 fully saturated rings. The largest absolute Gasteiger partial charge is 0.338 e. The Hall–Kier alpha value is -0.980. The van der Waals surface area contributed by atoms with E-state index in [2.05, 4.69) is 82.9 Å². The number of hydrogen-bond donors (Lipinski definition) is 2. The summed E-state index contributed by atoms with van der Waals surface area (Å²) in [5, 5.41) is 7.52. The maximum absolute atomic E-state index is 13.4. The zero-order valence-electron chi connectivity index (χ0n) is 23.2. The van der Waals surface area contributed by atoms with E-state index in [0.717, 1.165) is 38.8 Å². The molecular weight excluding hydrogens is 412 g/mol. The lowest BCUT2D eigenvalue weighted by Crippen LogP contribution is -2.64. The Bertz CT molecular complexity index is 666. The van der Waals surface area contributed by atoms with Crippen molar-refractivity contribution >= 4 is 11.7 Å². The molecule has 2 rings (SSSR count). The minimum Gasteiger partial charge on any atom is -0.338 e. The number of Topliss-reactive ketones (excluding diaryl/α,β-unsaturated/α-hetero) is 1. The summed E-state index contributed by atoms with van der Waals surface area (Å²) in [6.45, 7) is 21.4. The molecule has 0 radical (unpaired) electrons. The predicted octanol–water partition coefficient (Wildman–Crippen LogP) is 4.12. The summed E-state index contributed by atoms with van der Waals surface area (Å²) in [6, 6.07) is 0.710. The van der Waals surface area contributed by atoms with Crippen LogP contribution in [0, 0.1) is 0 Å². The number of amides is 1. The summed E-state index contributed by atoms with van der Waals surface area (Å²) < 4.78 is 0. The molecule has 2 aliphatic rings. The van der Waals surface area contributed by atoms with Crippen LogP contribution in [0.4, 0.5) is 0 Å². The van der Waals surface area contributed by atoms with Crippen LogP contribution in [0.1, 0.15) is 107 Å². The first kappa shape index (κ1) is 28.3. The molecule has 0 aliphatic carbocycles. The Morgan fingerprint density at radius 1 is 0.727 bits per heavy atom. The number of likely N-dealkylation sites (N-methyl/N-ethyl adjacent to an activating group) is 1. The number of carbonyl (C=O) groups excluding carboxylic acids is 2. The van der Waals surface area contributed by atoms with Gasteiger partial charge in [0.15, 0.2) is 0 Å². The Kier molecular flexibility index (Phi) is 8.85. The first-order valence-electron chi connectivity index (χ1n) is 13.0. The van der Waals surface area contributed by atoms with E-state index in [9.17, 15) is 9.59 Å². The van der Waals surface area contributed by atoms with Gasteiger partial charge in [0.25, 0.3) is 0 Å². The van der Waals surface area contributed by atoms with Gasteiger partial charge in [-0.05, 0) is 101 Å². The summed E-state index contributed by atoms with van der Waals surface area (Å²) in [4.78, 5) is 29.4. The lowest BCUT2D eigenvalue weighted by atomic mass is 9.78. The topological polar surface area (TPSA) is 64.7 Å². The van der Waals surface area contributed by atoms with Gasteiger partial charge in [0.1, 0.15) is 5.78 Å². The second-order valence-corrected chi connectivity index (χ2v) is 13.5. The highest BCUT2D eigenvalue weighted by Gasteiger charge is 2.42. The Balaban J connectivity index is 2.13. The van der Waals surface area contributed by atoms with E-state index in [1.807, 2.05) is 0 Å². The predicted molar refractivity (Wildman–Crippen MR) is 138 cm³/mol. The standard InChI is InChI=1S/C27H52N4O2/c1-20(32)12-11-13-23(33)31(22-18-26(6,7)29-27(8,9)19-22)15-14-30(10)21-16-24(2,3)28-25(4,5)17-21/h21-22,28-29H,11-19H2,1-10H3. The second kappa shape index (κ2) is 10.3. The van der Waals surface area contributed by atoms with Gasteiger partial charge in [0, 0.05) is 60.2 Å². The van der Waals surface area contributed by atoms with Crippen LogP contribution >= 0.6 is 0 Å². The van der Waals surface area contributed by atoms with Gasteiger partial charge in [-0.1, -0.05) is 0 Å². The lowest BCUT2D eigenvalue weighted by molar-refractivity contribution is -0.136. The molecular formula is C27H52N4O2. The molecule has 0 atom stereocenters. The molecule has 2 N–H and O–H groups in total. The Morgan fingerprint density at radius 2 is 1.15 bits per heavy atom. The molecule has 33 heavy (non-hydrogen) atoms. The zero-order chi connectivity index (χ0) is 25.2. The third-order valence-electron chi connectivity index (χ3n) is 7.33. The number of nitrogens with one attached hydrogen (secondary N) is 2. The molecule has 192 valence electrons. The van der Waals surface area contributed by atoms with Gasteiger partial charge in [-0.3, -0.25) is 4.79 Å². The fourth-order valence-electron chi connectivity index (χ4n) is 6.66. The van der Waals surface area contributed by atoms with Crippen LogP contribution in [0.3, 0.4) is 0 Å². The van der Waals surface area contributed by atoms with Crippen LogP contribution in [-0.4, -0.2) is 75.9 Å². The van der Waals surface area contributed by atoms with Crippen LogP contribution in [0.5, 0.6) is 0 Å². The van der Waals surface area contributed by atoms with Crippen molar-refractivity contribution in [2.75, 3.05) is 20.1 Å². The van der Waals surface area contributed by atoms with Gasteiger partial charge in [-0.15, -0.1) is 0 Å². The molecule has 2 heterocycles. The molecule has 6 nitrogen and oxygen atoms in total. The Labute approximate surface area is 203 Å². The van der Waals surface area contributed by atoms with Crippen molar-refractivity contribution in [2.45, 2.75) is 141 Å². The van der Waals surface area contributed by atoms with Gasteiger partial charge in [-0.25, -0.2) is 0 Å². The van der Waals surface area contributed by atoms with Crippen molar-refractivity contribution in [3.8, 4) is 0 Å². The van der Waals surface area contributed by atoms with Crippen molar-refractivity contribution in [2.24, 2.45) is 0 Å². The molecule has 0 unspecified atom stereocenters. The van der Waals surface area contributed by atoms with E-state index in [4.69, 9.17) is 0 Å². The van der Waals surface area contributed by atoms with Crippen molar-refractivity contribution in [3.63, 3.8) is 0 Å². The van der Waals surface area contributed by atoms with Crippen LogP contribution in [0.2, 0.25) is 0 Å². The molecule has 0 saturated carbocycles. The van der Waals surface area contributed by atoms with Crippen LogP contribution in [0.15, 0.2) is 0 Å². The number of carbonyl (C=O) groups is 2. The van der Waals surface area contributed by atoms with Gasteiger partial charge in [0.05, 0.1) is 0 Å². The fourth-order valence-corrected chi connectivity index (χ4v) is 6.66. The average molecular weight is 465 g/mol. The van der Waals surface area contributed by atoms with Crippen LogP contribution < -0.4 is 10.6 Å². The molecule has 0 aromatic carbocycles. The van der Waals surface area contributed by atoms with Gasteiger partial charge in [0.2, 0.25) is 5.91 Å². The van der Waals surface area contributed by atoms with E-state index in [1.165, 1.54) is 0 Å². The minimum atomic E-state index is -0.0146. The normalized spacial score (nSPS) is 24.6. The molecule has 0 aromatic heterocycles. The molecule has 0 spiro atoms. The van der Waals surface area contributed by atoms with Crippen molar-refractivity contribution in [3.05, 3.63) is 0 Å². The molecule has 6 heteroatoms. The molecule has 1 amide bonds. The number of rotatable bonds is 9. The number of hydrogen-bond acceptors (Lipinski definition) is 5. The lowest BCUT2D eigenvalue weighted by Gasteiger charge is -2.51. The first-order chi connectivity index (χ1) is 14.9. The van der Waals surface area contributed by atoms with Gasteiger partial charge in [-0.2, -0.15) is 0 Å². The van der Waals surface area contributed by atoms with Crippen molar-refractivity contribution in [1.29, 1.82) is 0 Å². The average Bonchev–Trinajstić information content (AvgIpc) is 2.55. The smallest absolute Gasteiger partial charge is 0.222 e. The van der Waals surface area contributed by atoms with E-state index < -0.39 is 0 Å². The van der Waals surface area contributed by atoms with Crippen molar-refractivity contribution in [1.82, 2.24) is 20.4 Å². The molecule has 2 saturated heterocycles. The van der Waals surface area contributed by atoms with Crippen molar-refractivity contribution < 1.29 is 9.59 Å². The summed E-state index contributed by atoms with van der Waals surface area (Å²) in [7, 11) is 2.22. The number of nitrogens with zero attached hydrogens (tertiary/aromatic N) is 2. The maximum atomic E-state index is 13.4. The summed E-state index contributed by atoms with van der Waals surface area (Å²) in [5.41, 5.74) is 0.177. The fraction of sp³-hybridized carbons (Fsp3) is 0.926. The van der Waals surface area contributed by atoms with E-state index >= 15 is 0 Å². The number of piperidine rings is 2. The second-order valence-electron chi connectivity index (χ2n) is 13.5. The Morgan fingerprint density at radius 3 is 1.58 bits per heavy atom. The van der Waals surface area contributed by atoms with Crippen LogP contribution in [-0.2, 0) is 9.59 Å². The summed E-state index contributed by atoms with van der Waals surface area (Å²) >= 11 is 0. The van der Waals surface area contributed by atoms with Gasteiger partial charge >= 0.3 is 0 Å². The maximum Gasteiger partial charge on any atom is 0.222 e. The third kappa shape index (κ3) is 8.95. The van der Waals surface area contributed by atoms with E-state index in [-0.39, 0.29) is 39.9 Å². The SMILES string of the molecule is CC(=O)CCCC(=O)N(CCN(C)C1CC(C)(C)NC(C)(C)C1)C1CC(C)(C)NC(C)(C)C1. The molecule has 0 bridgehead atoms. The highest BCUT2D eigenvalue weighted by molar-refractivity contribution is 5.79. The first-order valence-corrected chi connectivity index (χ1v) is 13.0. The summed E-state index contributed by atoms with van der Waals surface area (Å²) in [6.07, 6.45) is 5.70. The summed E-state index contributed by atoms with van der Waals surface area (Å²) in [5.74, 6) is 0.364. The van der Waals surface area contributed by atoms with E-state index in [0.29, 0.717) is 25.3 Å². The zero-order valence-corrected chi connectivity index (χ0v) is 23.2. The highest BCUT2D eigenvalue weighted by atomic mass is 16.2. The molecule has 2 aliphatic heterocycles.